The summed E-state index contributed by atoms with van der Waals surface area (Å²) in [6, 6.07) is 5.56. The molecule has 0 atom stereocenters. The van der Waals surface area contributed by atoms with E-state index in [1.165, 1.54) is 38.5 Å². The first-order valence-corrected chi connectivity index (χ1v) is 8.35. The first kappa shape index (κ1) is 20.9. The number of nitrogens with one attached hydrogen (secondary N) is 1. The van der Waals surface area contributed by atoms with E-state index in [2.05, 4.69) is 17.2 Å². The number of methoxy groups -OCH3 is 2. The summed E-state index contributed by atoms with van der Waals surface area (Å²) >= 11 is 0. The van der Waals surface area contributed by atoms with Gasteiger partial charge < -0.3 is 20.5 Å². The summed E-state index contributed by atoms with van der Waals surface area (Å²) in [5, 5.41) is 3.13. The van der Waals surface area contributed by atoms with E-state index >= 15 is 0 Å². The van der Waals surface area contributed by atoms with Crippen molar-refractivity contribution in [3.8, 4) is 11.5 Å². The van der Waals surface area contributed by atoms with Crippen LogP contribution in [0.4, 0.5) is 5.69 Å². The van der Waals surface area contributed by atoms with Crippen molar-refractivity contribution in [2.24, 2.45) is 16.1 Å². The Kier molecular flexibility index (Phi) is 8.66. The lowest BCUT2D eigenvalue weighted by molar-refractivity contribution is 0.290. The average molecular weight is 447 g/mol. The smallest absolute Gasteiger partial charge is 0.193 e. The van der Waals surface area contributed by atoms with Crippen LogP contribution in [0, 0.1) is 5.41 Å². The van der Waals surface area contributed by atoms with E-state index in [-0.39, 0.29) is 29.4 Å². The highest BCUT2D eigenvalue weighted by atomic mass is 127. The van der Waals surface area contributed by atoms with Gasteiger partial charge in [-0.1, -0.05) is 32.6 Å². The van der Waals surface area contributed by atoms with Crippen LogP contribution >= 0.6 is 24.0 Å². The largest absolute Gasteiger partial charge is 0.497 e. The molecule has 0 radical (unpaired) electrons. The number of nitrogens with two attached hydrogens (primary N) is 1. The van der Waals surface area contributed by atoms with Crippen molar-refractivity contribution in [2.75, 3.05) is 26.1 Å². The fourth-order valence-corrected chi connectivity index (χ4v) is 3.11. The van der Waals surface area contributed by atoms with Crippen molar-refractivity contribution in [1.82, 2.24) is 0 Å². The molecule has 1 aromatic carbocycles. The zero-order chi connectivity index (χ0) is 16.7. The number of anilines is 1. The van der Waals surface area contributed by atoms with Gasteiger partial charge in [0.25, 0.3) is 0 Å². The lowest BCUT2D eigenvalue weighted by Crippen LogP contribution is -2.27. The van der Waals surface area contributed by atoms with Gasteiger partial charge in [-0.2, -0.15) is 0 Å². The van der Waals surface area contributed by atoms with Crippen molar-refractivity contribution in [3.05, 3.63) is 18.2 Å². The van der Waals surface area contributed by atoms with Crippen molar-refractivity contribution in [3.63, 3.8) is 0 Å². The van der Waals surface area contributed by atoms with Gasteiger partial charge in [-0.15, -0.1) is 24.0 Å². The molecule has 136 valence electrons. The Hall–Kier alpha value is -1.18. The van der Waals surface area contributed by atoms with Crippen molar-refractivity contribution >= 4 is 35.6 Å². The number of guanidine groups is 1. The van der Waals surface area contributed by atoms with Gasteiger partial charge in [0.05, 0.1) is 19.9 Å². The number of halogens is 1. The van der Waals surface area contributed by atoms with Crippen LogP contribution in [0.15, 0.2) is 23.2 Å². The van der Waals surface area contributed by atoms with Gasteiger partial charge in [0.15, 0.2) is 5.96 Å². The van der Waals surface area contributed by atoms with Gasteiger partial charge in [0.2, 0.25) is 0 Å². The topological polar surface area (TPSA) is 68.9 Å². The van der Waals surface area contributed by atoms with Gasteiger partial charge in [-0.25, -0.2) is 0 Å². The van der Waals surface area contributed by atoms with E-state index in [1.54, 1.807) is 14.2 Å². The number of ether oxygens (including phenoxy) is 2. The maximum absolute atomic E-state index is 6.08. The molecule has 0 bridgehead atoms. The predicted octanol–water partition coefficient (Wildman–Crippen LogP) is 4.41. The summed E-state index contributed by atoms with van der Waals surface area (Å²) in [5.74, 6) is 1.88. The molecule has 0 heterocycles. The summed E-state index contributed by atoms with van der Waals surface area (Å²) in [4.78, 5) is 4.57. The minimum absolute atomic E-state index is 0. The van der Waals surface area contributed by atoms with Gasteiger partial charge in [-0.05, 0) is 30.4 Å². The molecule has 0 amide bonds. The summed E-state index contributed by atoms with van der Waals surface area (Å²) in [7, 11) is 3.27. The number of nitrogens with zero attached hydrogens (tertiary/aromatic N) is 1. The molecule has 24 heavy (non-hydrogen) atoms. The van der Waals surface area contributed by atoms with E-state index < -0.39 is 0 Å². The second kappa shape index (κ2) is 9.96. The number of hydrogen-bond acceptors (Lipinski definition) is 3. The Bertz CT molecular complexity index is 541. The lowest BCUT2D eigenvalue weighted by atomic mass is 9.83. The van der Waals surface area contributed by atoms with Gasteiger partial charge in [-0.3, -0.25) is 4.99 Å². The molecule has 2 rings (SSSR count). The summed E-state index contributed by atoms with van der Waals surface area (Å²) in [5.41, 5.74) is 7.11. The van der Waals surface area contributed by atoms with Crippen LogP contribution < -0.4 is 20.5 Å². The minimum Gasteiger partial charge on any atom is -0.497 e. The van der Waals surface area contributed by atoms with Crippen LogP contribution in [0.25, 0.3) is 0 Å². The van der Waals surface area contributed by atoms with Crippen molar-refractivity contribution in [1.29, 1.82) is 0 Å². The summed E-state index contributed by atoms with van der Waals surface area (Å²) < 4.78 is 10.6. The molecule has 1 saturated carbocycles. The first-order valence-electron chi connectivity index (χ1n) is 8.35. The maximum Gasteiger partial charge on any atom is 0.193 e. The highest BCUT2D eigenvalue weighted by Gasteiger charge is 2.25. The molecule has 1 aromatic rings. The minimum atomic E-state index is 0. The van der Waals surface area contributed by atoms with E-state index in [1.807, 2.05) is 18.2 Å². The Morgan fingerprint density at radius 2 is 1.83 bits per heavy atom. The third kappa shape index (κ3) is 6.03. The summed E-state index contributed by atoms with van der Waals surface area (Å²) in [6.45, 7) is 3.08. The van der Waals surface area contributed by atoms with E-state index in [9.17, 15) is 0 Å². The Labute approximate surface area is 162 Å². The monoisotopic (exact) mass is 447 g/mol. The van der Waals surface area contributed by atoms with Crippen molar-refractivity contribution in [2.45, 2.75) is 45.4 Å². The Morgan fingerprint density at radius 3 is 2.42 bits per heavy atom. The average Bonchev–Trinajstić information content (AvgIpc) is 2.78. The van der Waals surface area contributed by atoms with Gasteiger partial charge >= 0.3 is 0 Å². The standard InChI is InChI=1S/C18H29N3O2.HI/c1-18(10-6-4-5-7-11-18)13-20-17(19)21-15-12-14(22-2)8-9-16(15)23-3;/h8-9,12H,4-7,10-11,13H2,1-3H3,(H3,19,20,21);1H. The molecule has 0 spiro atoms. The number of rotatable bonds is 5. The van der Waals surface area contributed by atoms with E-state index in [0.29, 0.717) is 11.7 Å². The fraction of sp³-hybridized carbons (Fsp3) is 0.611. The fourth-order valence-electron chi connectivity index (χ4n) is 3.11. The zero-order valence-electron chi connectivity index (χ0n) is 14.9. The second-order valence-electron chi connectivity index (χ2n) is 6.62. The van der Waals surface area contributed by atoms with Crippen molar-refractivity contribution < 1.29 is 9.47 Å². The van der Waals surface area contributed by atoms with Crippen LogP contribution in [0.2, 0.25) is 0 Å². The molecular weight excluding hydrogens is 417 g/mol. The van der Waals surface area contributed by atoms with Crippen LogP contribution in [-0.2, 0) is 0 Å². The molecule has 1 aliphatic rings. The first-order chi connectivity index (χ1) is 11.1. The number of hydrogen-bond donors (Lipinski definition) is 2. The third-order valence-corrected chi connectivity index (χ3v) is 4.61. The van der Waals surface area contributed by atoms with Gasteiger partial charge in [0.1, 0.15) is 11.5 Å². The molecule has 1 fully saturated rings. The molecule has 0 unspecified atom stereocenters. The molecule has 0 aromatic heterocycles. The molecule has 0 aliphatic heterocycles. The predicted molar refractivity (Wildman–Crippen MR) is 111 cm³/mol. The molecule has 3 N–H and O–H groups in total. The van der Waals surface area contributed by atoms with Crippen LogP contribution in [-0.4, -0.2) is 26.7 Å². The molecular formula is C18H30IN3O2. The third-order valence-electron chi connectivity index (χ3n) is 4.61. The highest BCUT2D eigenvalue weighted by molar-refractivity contribution is 14.0. The SMILES string of the molecule is COc1ccc(OC)c(NC(N)=NCC2(C)CCCCCC2)c1.I. The van der Waals surface area contributed by atoms with Gasteiger partial charge in [0, 0.05) is 12.6 Å². The lowest BCUT2D eigenvalue weighted by Gasteiger charge is -2.26. The van der Waals surface area contributed by atoms with Crippen LogP contribution in [0.5, 0.6) is 11.5 Å². The number of aliphatic imine (C=N–C) groups is 1. The maximum atomic E-state index is 6.08. The quantitative estimate of drug-likeness (QED) is 0.304. The molecule has 5 nitrogen and oxygen atoms in total. The van der Waals surface area contributed by atoms with Crippen LogP contribution in [0.3, 0.4) is 0 Å². The van der Waals surface area contributed by atoms with E-state index in [4.69, 9.17) is 15.2 Å². The van der Waals surface area contributed by atoms with Crippen LogP contribution in [0.1, 0.15) is 45.4 Å². The molecule has 1 aliphatic carbocycles. The molecule has 6 heteroatoms. The highest BCUT2D eigenvalue weighted by Crippen LogP contribution is 2.35. The number of benzene rings is 1. The van der Waals surface area contributed by atoms with E-state index in [0.717, 1.165) is 18.0 Å². The second-order valence-corrected chi connectivity index (χ2v) is 6.62. The normalized spacial score (nSPS) is 17.4. The molecule has 0 saturated heterocycles. The Morgan fingerprint density at radius 1 is 1.17 bits per heavy atom. The Balaban J connectivity index is 0.00000288. The summed E-state index contributed by atoms with van der Waals surface area (Å²) in [6.07, 6.45) is 7.73. The zero-order valence-corrected chi connectivity index (χ0v) is 17.3.